The Morgan fingerprint density at radius 1 is 1.25 bits per heavy atom. The van der Waals surface area contributed by atoms with Gasteiger partial charge in [-0.3, -0.25) is 0 Å². The summed E-state index contributed by atoms with van der Waals surface area (Å²) < 4.78 is 6.67. The van der Waals surface area contributed by atoms with E-state index in [1.165, 1.54) is 0 Å². The second-order valence-corrected chi connectivity index (χ2v) is 5.06. The number of nitrogens with one attached hydrogen (secondary N) is 1. The second kappa shape index (κ2) is 7.36. The van der Waals surface area contributed by atoms with Crippen molar-refractivity contribution in [1.29, 1.82) is 0 Å². The van der Waals surface area contributed by atoms with E-state index in [9.17, 15) is 0 Å². The van der Waals surface area contributed by atoms with Gasteiger partial charge in [0.1, 0.15) is 11.9 Å². The Bertz CT molecular complexity index is 548. The maximum atomic E-state index is 5.82. The van der Waals surface area contributed by atoms with Gasteiger partial charge in [-0.1, -0.05) is 30.3 Å². The summed E-state index contributed by atoms with van der Waals surface area (Å²) in [7, 11) is 0. The van der Waals surface area contributed by atoms with Crippen LogP contribution in [0.5, 0.6) is 0 Å². The highest BCUT2D eigenvalue weighted by atomic mass is 79.9. The van der Waals surface area contributed by atoms with Crippen molar-refractivity contribution >= 4 is 21.7 Å². The Balaban J connectivity index is 2.37. The van der Waals surface area contributed by atoms with Crippen LogP contribution < -0.4 is 5.32 Å². The number of hydrogen-bond acceptors (Lipinski definition) is 4. The summed E-state index contributed by atoms with van der Waals surface area (Å²) in [5, 5.41) is 3.21. The van der Waals surface area contributed by atoms with E-state index in [-0.39, 0.29) is 6.10 Å². The largest absolute Gasteiger partial charge is 0.369 e. The molecule has 2 aromatic rings. The SMILES string of the molecule is CCNc1nc(C(OCC)c2ccccc2)ncc1Br. The first-order valence-electron chi connectivity index (χ1n) is 6.69. The minimum atomic E-state index is -0.244. The van der Waals surface area contributed by atoms with Crippen LogP contribution in [0, 0.1) is 0 Å². The highest BCUT2D eigenvalue weighted by Gasteiger charge is 2.18. The molecule has 1 unspecified atom stereocenters. The first-order chi connectivity index (χ1) is 9.76. The summed E-state index contributed by atoms with van der Waals surface area (Å²) in [5.74, 6) is 1.45. The van der Waals surface area contributed by atoms with Gasteiger partial charge in [0, 0.05) is 19.3 Å². The summed E-state index contributed by atoms with van der Waals surface area (Å²) in [4.78, 5) is 8.96. The van der Waals surface area contributed by atoms with Gasteiger partial charge in [-0.25, -0.2) is 9.97 Å². The number of halogens is 1. The number of anilines is 1. The average Bonchev–Trinajstić information content (AvgIpc) is 2.48. The number of aromatic nitrogens is 2. The van der Waals surface area contributed by atoms with Crippen LogP contribution in [0.15, 0.2) is 41.0 Å². The molecule has 106 valence electrons. The Morgan fingerprint density at radius 2 is 2.00 bits per heavy atom. The van der Waals surface area contributed by atoms with Crippen molar-refractivity contribution in [3.05, 3.63) is 52.4 Å². The normalized spacial score (nSPS) is 12.2. The Kier molecular flexibility index (Phi) is 5.49. The molecule has 5 heteroatoms. The van der Waals surface area contributed by atoms with Crippen molar-refractivity contribution in [2.24, 2.45) is 0 Å². The molecule has 0 aliphatic carbocycles. The van der Waals surface area contributed by atoms with Crippen LogP contribution in [-0.2, 0) is 4.74 Å². The van der Waals surface area contributed by atoms with Gasteiger partial charge in [0.05, 0.1) is 4.47 Å². The fraction of sp³-hybridized carbons (Fsp3) is 0.333. The fourth-order valence-electron chi connectivity index (χ4n) is 1.91. The monoisotopic (exact) mass is 335 g/mol. The third-order valence-electron chi connectivity index (χ3n) is 2.78. The van der Waals surface area contributed by atoms with E-state index in [2.05, 4.69) is 31.2 Å². The lowest BCUT2D eigenvalue weighted by Gasteiger charge is -2.17. The highest BCUT2D eigenvalue weighted by molar-refractivity contribution is 9.10. The highest BCUT2D eigenvalue weighted by Crippen LogP contribution is 2.26. The molecular formula is C15H18BrN3O. The molecule has 0 aliphatic rings. The van der Waals surface area contributed by atoms with Crippen molar-refractivity contribution in [2.45, 2.75) is 20.0 Å². The quantitative estimate of drug-likeness (QED) is 0.872. The lowest BCUT2D eigenvalue weighted by atomic mass is 10.1. The molecule has 0 spiro atoms. The molecule has 4 nitrogen and oxygen atoms in total. The smallest absolute Gasteiger partial charge is 0.164 e. The summed E-state index contributed by atoms with van der Waals surface area (Å²) in [5.41, 5.74) is 1.05. The zero-order valence-electron chi connectivity index (χ0n) is 11.6. The van der Waals surface area contributed by atoms with Gasteiger partial charge >= 0.3 is 0 Å². The van der Waals surface area contributed by atoms with Gasteiger partial charge in [0.25, 0.3) is 0 Å². The first kappa shape index (κ1) is 14.9. The number of benzene rings is 1. The molecule has 1 heterocycles. The molecule has 1 aromatic heterocycles. The van der Waals surface area contributed by atoms with Crippen LogP contribution in [0.2, 0.25) is 0 Å². The van der Waals surface area contributed by atoms with Crippen LogP contribution in [0.25, 0.3) is 0 Å². The third kappa shape index (κ3) is 3.55. The van der Waals surface area contributed by atoms with E-state index >= 15 is 0 Å². The molecule has 2 rings (SSSR count). The Labute approximate surface area is 127 Å². The first-order valence-corrected chi connectivity index (χ1v) is 7.48. The van der Waals surface area contributed by atoms with E-state index in [0.29, 0.717) is 12.4 Å². The summed E-state index contributed by atoms with van der Waals surface area (Å²) in [6.07, 6.45) is 1.52. The molecule has 0 aliphatic heterocycles. The van der Waals surface area contributed by atoms with Gasteiger partial charge in [-0.05, 0) is 35.3 Å². The van der Waals surface area contributed by atoms with Crippen LogP contribution in [-0.4, -0.2) is 23.1 Å². The van der Waals surface area contributed by atoms with Gasteiger partial charge in [-0.15, -0.1) is 0 Å². The second-order valence-electron chi connectivity index (χ2n) is 4.20. The van der Waals surface area contributed by atoms with Crippen LogP contribution in [0.1, 0.15) is 31.3 Å². The van der Waals surface area contributed by atoms with Crippen molar-refractivity contribution in [3.8, 4) is 0 Å². The van der Waals surface area contributed by atoms with E-state index in [1.54, 1.807) is 6.20 Å². The van der Waals surface area contributed by atoms with Crippen molar-refractivity contribution in [3.63, 3.8) is 0 Å². The Morgan fingerprint density at radius 3 is 2.65 bits per heavy atom. The van der Waals surface area contributed by atoms with Crippen LogP contribution in [0.3, 0.4) is 0 Å². The number of ether oxygens (including phenoxy) is 1. The maximum absolute atomic E-state index is 5.82. The van der Waals surface area contributed by atoms with Crippen molar-refractivity contribution in [2.75, 3.05) is 18.5 Å². The van der Waals surface area contributed by atoms with E-state index < -0.39 is 0 Å². The zero-order chi connectivity index (χ0) is 14.4. The molecule has 1 aromatic carbocycles. The lowest BCUT2D eigenvalue weighted by molar-refractivity contribution is 0.0852. The molecule has 0 amide bonds. The number of rotatable bonds is 6. The minimum Gasteiger partial charge on any atom is -0.369 e. The molecule has 1 atom stereocenters. The lowest BCUT2D eigenvalue weighted by Crippen LogP contribution is -2.12. The standard InChI is InChI=1S/C15H18BrN3O/c1-3-17-14-12(16)10-18-15(19-14)13(20-4-2)11-8-6-5-7-9-11/h5-10,13H,3-4H2,1-2H3,(H,17,18,19). The van der Waals surface area contributed by atoms with E-state index in [0.717, 1.165) is 22.4 Å². The molecule has 20 heavy (non-hydrogen) atoms. The topological polar surface area (TPSA) is 47.0 Å². The van der Waals surface area contributed by atoms with Crippen molar-refractivity contribution in [1.82, 2.24) is 9.97 Å². The minimum absolute atomic E-state index is 0.244. The summed E-state index contributed by atoms with van der Waals surface area (Å²) in [6.45, 7) is 5.42. The van der Waals surface area contributed by atoms with Crippen LogP contribution >= 0.6 is 15.9 Å². The van der Waals surface area contributed by atoms with E-state index in [1.807, 2.05) is 44.2 Å². The molecular weight excluding hydrogens is 318 g/mol. The molecule has 0 saturated heterocycles. The zero-order valence-corrected chi connectivity index (χ0v) is 13.2. The molecule has 0 fully saturated rings. The molecule has 0 saturated carbocycles. The summed E-state index contributed by atoms with van der Waals surface area (Å²) in [6, 6.07) is 10.0. The molecule has 0 bridgehead atoms. The van der Waals surface area contributed by atoms with Gasteiger partial charge < -0.3 is 10.1 Å². The third-order valence-corrected chi connectivity index (χ3v) is 3.36. The van der Waals surface area contributed by atoms with Gasteiger partial charge in [0.15, 0.2) is 5.82 Å². The maximum Gasteiger partial charge on any atom is 0.164 e. The number of nitrogens with zero attached hydrogens (tertiary/aromatic N) is 2. The predicted octanol–water partition coefficient (Wildman–Crippen LogP) is 3.80. The Hall–Kier alpha value is -1.46. The molecule has 1 N–H and O–H groups in total. The predicted molar refractivity (Wildman–Crippen MR) is 83.8 cm³/mol. The van der Waals surface area contributed by atoms with Crippen LogP contribution in [0.4, 0.5) is 5.82 Å². The fourth-order valence-corrected chi connectivity index (χ4v) is 2.24. The van der Waals surface area contributed by atoms with Crippen molar-refractivity contribution < 1.29 is 4.74 Å². The van der Waals surface area contributed by atoms with E-state index in [4.69, 9.17) is 4.74 Å². The molecule has 0 radical (unpaired) electrons. The number of hydrogen-bond donors (Lipinski definition) is 1. The van der Waals surface area contributed by atoms with Gasteiger partial charge in [-0.2, -0.15) is 0 Å². The van der Waals surface area contributed by atoms with Gasteiger partial charge in [0.2, 0.25) is 0 Å². The summed E-state index contributed by atoms with van der Waals surface area (Å²) >= 11 is 3.45. The average molecular weight is 336 g/mol.